The number of carbonyl (C=O) groups is 1. The van der Waals surface area contributed by atoms with Gasteiger partial charge in [0.05, 0.1) is 10.2 Å². The van der Waals surface area contributed by atoms with E-state index in [9.17, 15) is 4.79 Å². The normalized spacial score (nSPS) is 11.3. The Morgan fingerprint density at radius 1 is 1.24 bits per heavy atom. The molecule has 3 aromatic rings. The van der Waals surface area contributed by atoms with Crippen molar-refractivity contribution < 1.29 is 9.53 Å². The number of benzene rings is 2. The summed E-state index contributed by atoms with van der Waals surface area (Å²) in [5, 5.41) is 6.95. The fourth-order valence-corrected chi connectivity index (χ4v) is 3.98. The first-order chi connectivity index (χ1) is 13.6. The SMILES string of the molecule is Cc1cc2sc(NC(=S)NC(=O)COc3ccc(C(C)(C)C)cc3)nc2cc1Cl. The third-order valence-electron chi connectivity index (χ3n) is 4.23. The van der Waals surface area contributed by atoms with Gasteiger partial charge < -0.3 is 10.1 Å². The van der Waals surface area contributed by atoms with E-state index in [-0.39, 0.29) is 23.0 Å². The molecule has 0 radical (unpaired) electrons. The van der Waals surface area contributed by atoms with Crippen LogP contribution in [0.5, 0.6) is 5.75 Å². The quantitative estimate of drug-likeness (QED) is 0.521. The lowest BCUT2D eigenvalue weighted by Crippen LogP contribution is -2.37. The molecule has 152 valence electrons. The third-order valence-corrected chi connectivity index (χ3v) is 5.78. The van der Waals surface area contributed by atoms with Crippen LogP contribution in [0.3, 0.4) is 0 Å². The molecule has 0 aliphatic heterocycles. The fourth-order valence-electron chi connectivity index (χ4n) is 2.59. The summed E-state index contributed by atoms with van der Waals surface area (Å²) in [6.07, 6.45) is 0. The molecule has 8 heteroatoms. The monoisotopic (exact) mass is 447 g/mol. The summed E-state index contributed by atoms with van der Waals surface area (Å²) >= 11 is 12.8. The maximum Gasteiger partial charge on any atom is 0.264 e. The van der Waals surface area contributed by atoms with E-state index in [4.69, 9.17) is 28.6 Å². The molecule has 0 saturated carbocycles. The number of halogens is 1. The average molecular weight is 448 g/mol. The second-order valence-corrected chi connectivity index (χ2v) is 9.50. The Morgan fingerprint density at radius 2 is 1.93 bits per heavy atom. The van der Waals surface area contributed by atoms with Crippen LogP contribution >= 0.6 is 35.2 Å². The average Bonchev–Trinajstić information content (AvgIpc) is 3.00. The largest absolute Gasteiger partial charge is 0.484 e. The number of thiazole rings is 1. The molecule has 5 nitrogen and oxygen atoms in total. The third kappa shape index (κ3) is 5.65. The molecule has 0 atom stereocenters. The minimum Gasteiger partial charge on any atom is -0.484 e. The molecule has 1 heterocycles. The first-order valence-electron chi connectivity index (χ1n) is 9.03. The predicted octanol–water partition coefficient (Wildman–Crippen LogP) is 5.45. The molecule has 2 aromatic carbocycles. The molecule has 2 N–H and O–H groups in total. The highest BCUT2D eigenvalue weighted by Crippen LogP contribution is 2.30. The predicted molar refractivity (Wildman–Crippen MR) is 124 cm³/mol. The summed E-state index contributed by atoms with van der Waals surface area (Å²) in [5.41, 5.74) is 3.03. The van der Waals surface area contributed by atoms with Crippen molar-refractivity contribution in [3.63, 3.8) is 0 Å². The van der Waals surface area contributed by atoms with Gasteiger partial charge in [-0.05, 0) is 59.9 Å². The van der Waals surface area contributed by atoms with Crippen LogP contribution in [0.1, 0.15) is 31.9 Å². The van der Waals surface area contributed by atoms with Crippen molar-refractivity contribution in [2.45, 2.75) is 33.1 Å². The van der Waals surface area contributed by atoms with Gasteiger partial charge in [0.1, 0.15) is 5.75 Å². The van der Waals surface area contributed by atoms with Crippen molar-refractivity contribution in [1.82, 2.24) is 10.3 Å². The van der Waals surface area contributed by atoms with E-state index in [1.807, 2.05) is 43.3 Å². The van der Waals surface area contributed by atoms with Crippen LogP contribution in [0.4, 0.5) is 5.13 Å². The highest BCUT2D eigenvalue weighted by Gasteiger charge is 2.14. The summed E-state index contributed by atoms with van der Waals surface area (Å²) in [6.45, 7) is 8.24. The summed E-state index contributed by atoms with van der Waals surface area (Å²) < 4.78 is 6.53. The molecule has 3 rings (SSSR count). The number of hydrogen-bond acceptors (Lipinski definition) is 5. The van der Waals surface area contributed by atoms with Crippen molar-refractivity contribution in [1.29, 1.82) is 0 Å². The van der Waals surface area contributed by atoms with Crippen LogP contribution in [0, 0.1) is 6.92 Å². The zero-order valence-corrected chi connectivity index (χ0v) is 19.0. The molecule has 29 heavy (non-hydrogen) atoms. The fraction of sp³-hybridized carbons (Fsp3) is 0.286. The van der Waals surface area contributed by atoms with Crippen molar-refractivity contribution in [2.75, 3.05) is 11.9 Å². The molecule has 1 amide bonds. The number of rotatable bonds is 4. The number of nitrogens with one attached hydrogen (secondary N) is 2. The van der Waals surface area contributed by atoms with Crippen molar-refractivity contribution >= 4 is 61.5 Å². The van der Waals surface area contributed by atoms with Gasteiger partial charge in [0.15, 0.2) is 16.9 Å². The summed E-state index contributed by atoms with van der Waals surface area (Å²) in [4.78, 5) is 16.5. The number of ether oxygens (including phenoxy) is 1. The topological polar surface area (TPSA) is 63.2 Å². The number of anilines is 1. The zero-order valence-electron chi connectivity index (χ0n) is 16.6. The van der Waals surface area contributed by atoms with E-state index in [0.29, 0.717) is 15.9 Å². The van der Waals surface area contributed by atoms with Gasteiger partial charge >= 0.3 is 0 Å². The first kappa shape index (κ1) is 21.5. The van der Waals surface area contributed by atoms with E-state index >= 15 is 0 Å². The number of hydrogen-bond donors (Lipinski definition) is 2. The van der Waals surface area contributed by atoms with E-state index in [2.05, 4.69) is 36.4 Å². The number of carbonyl (C=O) groups excluding carboxylic acids is 1. The maximum absolute atomic E-state index is 12.1. The van der Waals surface area contributed by atoms with Gasteiger partial charge in [0, 0.05) is 5.02 Å². The van der Waals surface area contributed by atoms with Gasteiger partial charge in [-0.15, -0.1) is 0 Å². The minimum absolute atomic E-state index is 0.0679. The molecule has 0 unspecified atom stereocenters. The summed E-state index contributed by atoms with van der Waals surface area (Å²) in [7, 11) is 0. The molecule has 0 aliphatic rings. The number of thiocarbonyl (C=S) groups is 1. The molecule has 0 fully saturated rings. The molecule has 0 saturated heterocycles. The second-order valence-electron chi connectivity index (χ2n) is 7.65. The number of aromatic nitrogens is 1. The standard InChI is InChI=1S/C21H22ClN3O2S2/c1-12-9-17-16(10-15(12)22)23-20(29-17)25-19(28)24-18(26)11-27-14-7-5-13(6-8-14)21(2,3)4/h5-10H,11H2,1-4H3,(H2,23,24,25,26,28). The zero-order chi connectivity index (χ0) is 21.2. The van der Waals surface area contributed by atoms with Gasteiger partial charge in [-0.3, -0.25) is 10.1 Å². The van der Waals surface area contributed by atoms with E-state index in [1.54, 1.807) is 0 Å². The van der Waals surface area contributed by atoms with Crippen LogP contribution in [-0.4, -0.2) is 22.6 Å². The van der Waals surface area contributed by atoms with Crippen molar-refractivity contribution in [3.05, 3.63) is 52.5 Å². The molecule has 1 aromatic heterocycles. The van der Waals surface area contributed by atoms with E-state index < -0.39 is 0 Å². The molecular weight excluding hydrogens is 426 g/mol. The lowest BCUT2D eigenvalue weighted by molar-refractivity contribution is -0.121. The lowest BCUT2D eigenvalue weighted by atomic mass is 9.87. The van der Waals surface area contributed by atoms with Crippen LogP contribution in [-0.2, 0) is 10.2 Å². The number of fused-ring (bicyclic) bond motifs is 1. The molecule has 0 bridgehead atoms. The molecule has 0 aliphatic carbocycles. The van der Waals surface area contributed by atoms with Crippen LogP contribution in [0.15, 0.2) is 36.4 Å². The Hall–Kier alpha value is -2.22. The lowest BCUT2D eigenvalue weighted by Gasteiger charge is -2.19. The number of nitrogens with zero attached hydrogens (tertiary/aromatic N) is 1. The molecular formula is C21H22ClN3O2S2. The summed E-state index contributed by atoms with van der Waals surface area (Å²) in [6, 6.07) is 11.5. The highest BCUT2D eigenvalue weighted by molar-refractivity contribution is 7.80. The van der Waals surface area contributed by atoms with Crippen molar-refractivity contribution in [2.24, 2.45) is 0 Å². The Morgan fingerprint density at radius 3 is 2.59 bits per heavy atom. The van der Waals surface area contributed by atoms with Gasteiger partial charge in [0.2, 0.25) is 0 Å². The number of aryl methyl sites for hydroxylation is 1. The Balaban J connectivity index is 1.52. The number of amides is 1. The van der Waals surface area contributed by atoms with Gasteiger partial charge in [0.25, 0.3) is 5.91 Å². The Kier molecular flexibility index (Phi) is 6.41. The van der Waals surface area contributed by atoms with Gasteiger partial charge in [-0.1, -0.05) is 55.8 Å². The van der Waals surface area contributed by atoms with E-state index in [0.717, 1.165) is 15.8 Å². The van der Waals surface area contributed by atoms with Crippen LogP contribution < -0.4 is 15.4 Å². The van der Waals surface area contributed by atoms with E-state index in [1.165, 1.54) is 16.9 Å². The van der Waals surface area contributed by atoms with Crippen LogP contribution in [0.2, 0.25) is 5.02 Å². The van der Waals surface area contributed by atoms with Crippen LogP contribution in [0.25, 0.3) is 10.2 Å². The molecule has 0 spiro atoms. The second kappa shape index (κ2) is 8.65. The van der Waals surface area contributed by atoms with Gasteiger partial charge in [-0.25, -0.2) is 4.98 Å². The summed E-state index contributed by atoms with van der Waals surface area (Å²) in [5.74, 6) is 0.285. The van der Waals surface area contributed by atoms with Crippen molar-refractivity contribution in [3.8, 4) is 5.75 Å². The maximum atomic E-state index is 12.1. The Bertz CT molecular complexity index is 1020. The van der Waals surface area contributed by atoms with Gasteiger partial charge in [-0.2, -0.15) is 0 Å². The highest BCUT2D eigenvalue weighted by atomic mass is 35.5. The first-order valence-corrected chi connectivity index (χ1v) is 10.6. The smallest absolute Gasteiger partial charge is 0.264 e. The Labute approximate surface area is 184 Å². The minimum atomic E-state index is -0.345.